The fraction of sp³-hybridized carbons (Fsp3) is 0.467. The molecule has 0 bridgehead atoms. The number of para-hydroxylation sites is 1. The summed E-state index contributed by atoms with van der Waals surface area (Å²) >= 11 is 0. The molecule has 17 heteroatoms. The zero-order valence-corrected chi connectivity index (χ0v) is 35.3. The minimum Gasteiger partial charge on any atom is -0.456 e. The number of benzene rings is 3. The van der Waals surface area contributed by atoms with Crippen LogP contribution >= 0.6 is 0 Å². The Bertz CT molecular complexity index is 2630. The van der Waals surface area contributed by atoms with Crippen molar-refractivity contribution < 1.29 is 27.9 Å². The molecule has 3 amide bonds. The summed E-state index contributed by atoms with van der Waals surface area (Å²) in [6, 6.07) is 12.1. The summed E-state index contributed by atoms with van der Waals surface area (Å²) < 4.78 is 31.4. The van der Waals surface area contributed by atoms with Crippen LogP contribution in [-0.2, 0) is 9.59 Å². The molecule has 326 valence electrons. The number of fused-ring (bicyclic) bond motifs is 5. The van der Waals surface area contributed by atoms with Gasteiger partial charge in [0, 0.05) is 120 Å². The number of ether oxygens (including phenoxy) is 1. The quantitative estimate of drug-likeness (QED) is 0.186. The Hall–Kier alpha value is -5.59. The minimum absolute atomic E-state index is 0.00848. The maximum absolute atomic E-state index is 16.8. The molecule has 62 heavy (non-hydrogen) atoms. The molecular weight excluding hydrogens is 796 g/mol. The van der Waals surface area contributed by atoms with Crippen molar-refractivity contribution in [3.05, 3.63) is 70.3 Å². The molecule has 0 radical (unpaired) electrons. The number of likely N-dealkylation sites (tertiary alicyclic amines) is 1. The second-order valence-electron chi connectivity index (χ2n) is 17.6. The van der Waals surface area contributed by atoms with Gasteiger partial charge in [0.15, 0.2) is 17.3 Å². The molecule has 2 aromatic heterocycles. The highest BCUT2D eigenvalue weighted by Crippen LogP contribution is 2.49. The van der Waals surface area contributed by atoms with Gasteiger partial charge < -0.3 is 44.0 Å². The van der Waals surface area contributed by atoms with E-state index in [0.29, 0.717) is 73.8 Å². The number of nitrogens with one attached hydrogen (secondary N) is 3. The number of carbonyl (C=O) groups is 3. The third kappa shape index (κ3) is 7.76. The van der Waals surface area contributed by atoms with Crippen molar-refractivity contribution in [2.45, 2.75) is 24.9 Å². The highest BCUT2D eigenvalue weighted by atomic mass is 19.1. The van der Waals surface area contributed by atoms with Gasteiger partial charge >= 0.3 is 0 Å². The van der Waals surface area contributed by atoms with Crippen LogP contribution in [-0.4, -0.2) is 171 Å². The van der Waals surface area contributed by atoms with Gasteiger partial charge in [0.1, 0.15) is 27.9 Å². The summed E-state index contributed by atoms with van der Waals surface area (Å²) in [7, 11) is 4.18. The summed E-state index contributed by atoms with van der Waals surface area (Å²) in [5, 5.41) is 11.2. The number of aromatic nitrogens is 1. The predicted octanol–water partition coefficient (Wildman–Crippen LogP) is 2.20. The normalized spacial score (nSPS) is 21.2. The fourth-order valence-corrected chi connectivity index (χ4v) is 9.68. The van der Waals surface area contributed by atoms with E-state index in [0.717, 1.165) is 63.1 Å². The van der Waals surface area contributed by atoms with E-state index in [4.69, 9.17) is 9.15 Å². The maximum atomic E-state index is 16.8. The minimum atomic E-state index is -0.663. The number of likely N-dealkylation sites (N-methyl/N-ethyl adjacent to an activating group) is 2. The summed E-state index contributed by atoms with van der Waals surface area (Å²) in [5.74, 6) is -0.791. The monoisotopic (exact) mass is 848 g/mol. The number of nitrogens with zero attached hydrogens (tertiary/aromatic N) is 7. The Labute approximate surface area is 358 Å². The Morgan fingerprint density at radius 2 is 1.48 bits per heavy atom. The third-order valence-corrected chi connectivity index (χ3v) is 13.2. The van der Waals surface area contributed by atoms with E-state index in [1.54, 1.807) is 9.47 Å². The van der Waals surface area contributed by atoms with E-state index in [2.05, 4.69) is 49.6 Å². The molecule has 4 saturated heterocycles. The van der Waals surface area contributed by atoms with E-state index in [-0.39, 0.29) is 59.4 Å². The molecule has 16 nitrogen and oxygen atoms in total. The van der Waals surface area contributed by atoms with Gasteiger partial charge in [-0.1, -0.05) is 18.2 Å². The molecule has 4 fully saturated rings. The number of amides is 3. The third-order valence-electron chi connectivity index (χ3n) is 13.2. The Morgan fingerprint density at radius 1 is 0.774 bits per heavy atom. The highest BCUT2D eigenvalue weighted by molar-refractivity contribution is 6.07. The highest BCUT2D eigenvalue weighted by Gasteiger charge is 2.36. The van der Waals surface area contributed by atoms with Crippen molar-refractivity contribution in [1.82, 2.24) is 45.0 Å². The molecule has 3 aromatic carbocycles. The number of hydrogen-bond donors (Lipinski definition) is 3. The molecule has 5 aliphatic rings. The van der Waals surface area contributed by atoms with Gasteiger partial charge in [-0.3, -0.25) is 34.3 Å². The molecule has 5 aliphatic heterocycles. The van der Waals surface area contributed by atoms with Crippen LogP contribution in [0.4, 0.5) is 10.1 Å². The van der Waals surface area contributed by atoms with Crippen molar-refractivity contribution in [3.63, 3.8) is 0 Å². The summed E-state index contributed by atoms with van der Waals surface area (Å²) in [6.07, 6.45) is 2.68. The lowest BCUT2D eigenvalue weighted by Gasteiger charge is -2.32. The lowest BCUT2D eigenvalue weighted by atomic mass is 10.0. The molecule has 0 saturated carbocycles. The molecule has 0 spiro atoms. The largest absolute Gasteiger partial charge is 0.456 e. The first-order valence-corrected chi connectivity index (χ1v) is 21.8. The van der Waals surface area contributed by atoms with Gasteiger partial charge in [0.05, 0.1) is 24.2 Å². The smallest absolute Gasteiger partial charge is 0.259 e. The fourth-order valence-electron chi connectivity index (χ4n) is 9.68. The number of carbonyl (C=O) groups excluding carboxylic acids is 3. The Kier molecular flexibility index (Phi) is 10.8. The summed E-state index contributed by atoms with van der Waals surface area (Å²) in [4.78, 5) is 67.2. The number of piperazine rings is 2. The van der Waals surface area contributed by atoms with Gasteiger partial charge in [-0.2, -0.15) is 0 Å². The lowest BCUT2D eigenvalue weighted by molar-refractivity contribution is -0.123. The number of furan rings is 1. The van der Waals surface area contributed by atoms with Crippen molar-refractivity contribution in [2.75, 3.05) is 117 Å². The van der Waals surface area contributed by atoms with Gasteiger partial charge in [0.2, 0.25) is 17.2 Å². The zero-order chi connectivity index (χ0) is 42.6. The average Bonchev–Trinajstić information content (AvgIpc) is 4.01. The number of pyridine rings is 1. The molecule has 2 atom stereocenters. The van der Waals surface area contributed by atoms with Gasteiger partial charge in [-0.15, -0.1) is 0 Å². The van der Waals surface area contributed by atoms with Gasteiger partial charge in [-0.05, 0) is 45.1 Å². The second kappa shape index (κ2) is 16.6. The van der Waals surface area contributed by atoms with Crippen molar-refractivity contribution >= 4 is 56.3 Å². The van der Waals surface area contributed by atoms with Crippen LogP contribution in [0.15, 0.2) is 57.9 Å². The van der Waals surface area contributed by atoms with Crippen molar-refractivity contribution in [2.24, 2.45) is 0 Å². The summed E-state index contributed by atoms with van der Waals surface area (Å²) in [5.41, 5.74) is 1.62. The first-order chi connectivity index (χ1) is 30.1. The van der Waals surface area contributed by atoms with E-state index < -0.39 is 17.2 Å². The number of anilines is 1. The maximum Gasteiger partial charge on any atom is 0.259 e. The topological polar surface area (TPSA) is 151 Å². The van der Waals surface area contributed by atoms with Crippen LogP contribution in [0, 0.1) is 5.82 Å². The van der Waals surface area contributed by atoms with Crippen LogP contribution in [0.3, 0.4) is 0 Å². The zero-order valence-electron chi connectivity index (χ0n) is 35.3. The standard InChI is InChI=1S/C45H53FN10O6/c1-50-11-15-52(16-12-50)26-40(58)49-29-8-10-55(24-29)45(60)33-25-56-35-21-37-31(30-5-3-4-6-36(30)61-37)20-38(35)62-44-41(56)32(43(33)59)19-34(46)42(44)54-9-7-28(23-54)48-39(57)22-47-27-53-17-13-51(2)14-18-53/h3-6,19-21,25,28-29,47H,7-18,22-24,26-27H2,1-2H3,(H,48,57)(H,49,58)/t28-,29-/m1/s1. The Morgan fingerprint density at radius 3 is 2.27 bits per heavy atom. The first-order valence-electron chi connectivity index (χ1n) is 21.8. The first kappa shape index (κ1) is 40.5. The van der Waals surface area contributed by atoms with E-state index in [1.807, 2.05) is 41.3 Å². The van der Waals surface area contributed by atoms with E-state index in [9.17, 15) is 19.2 Å². The van der Waals surface area contributed by atoms with Crippen LogP contribution in [0.5, 0.6) is 11.5 Å². The van der Waals surface area contributed by atoms with E-state index >= 15 is 4.39 Å². The summed E-state index contributed by atoms with van der Waals surface area (Å²) in [6.45, 7) is 9.82. The Balaban J connectivity index is 0.929. The number of rotatable bonds is 10. The van der Waals surface area contributed by atoms with E-state index in [1.165, 1.54) is 12.3 Å². The lowest BCUT2D eigenvalue weighted by Crippen LogP contribution is -2.49. The number of halogens is 1. The molecule has 7 heterocycles. The van der Waals surface area contributed by atoms with Gasteiger partial charge in [0.25, 0.3) is 5.91 Å². The van der Waals surface area contributed by atoms with Crippen molar-refractivity contribution in [1.29, 1.82) is 0 Å². The van der Waals surface area contributed by atoms with Crippen LogP contribution < -0.4 is 31.0 Å². The number of hydrogen-bond acceptors (Lipinski definition) is 12. The van der Waals surface area contributed by atoms with Crippen LogP contribution in [0.1, 0.15) is 23.2 Å². The molecule has 0 unspecified atom stereocenters. The van der Waals surface area contributed by atoms with Crippen LogP contribution in [0.2, 0.25) is 0 Å². The molecule has 5 aromatic rings. The molecule has 3 N–H and O–H groups in total. The van der Waals surface area contributed by atoms with Crippen molar-refractivity contribution in [3.8, 4) is 17.2 Å². The molecular formula is C45H53FN10O6. The molecule has 10 rings (SSSR count). The predicted molar refractivity (Wildman–Crippen MR) is 234 cm³/mol. The second-order valence-corrected chi connectivity index (χ2v) is 17.6. The SMILES string of the molecule is CN1CCN(CNCC(=O)N[C@@H]2CCN(c3c(F)cc4c(=O)c(C(=O)N5CC[C@@H](NC(=O)CN6CCN(C)CC6)C5)cn5c4c3Oc3cc4c(cc3-5)oc3ccccc34)C2)CC1. The van der Waals surface area contributed by atoms with Crippen LogP contribution in [0.25, 0.3) is 38.5 Å². The molecule has 0 aliphatic carbocycles. The van der Waals surface area contributed by atoms with Gasteiger partial charge in [-0.25, -0.2) is 4.39 Å². The average molecular weight is 849 g/mol.